The normalized spacial score (nSPS) is 11.3. The molecule has 0 nitrogen and oxygen atoms in total. The molecule has 0 atom stereocenters. The van der Waals surface area contributed by atoms with Crippen molar-refractivity contribution in [3.05, 3.63) is 30.2 Å². The first-order chi connectivity index (χ1) is 4.16. The van der Waals surface area contributed by atoms with Gasteiger partial charge in [-0.05, 0) is 34.1 Å². The highest BCUT2D eigenvalue weighted by molar-refractivity contribution is 5.08. The molecule has 0 unspecified atom stereocenters. The van der Waals surface area contributed by atoms with E-state index in [1.165, 1.54) is 11.1 Å². The Hall–Kier alpha value is -0.520. The van der Waals surface area contributed by atoms with E-state index in [4.69, 9.17) is 0 Å². The minimum Gasteiger partial charge on any atom is -0.0850 e. The van der Waals surface area contributed by atoms with Crippen LogP contribution < -0.4 is 0 Å². The molecular formula is C9H15. The van der Waals surface area contributed by atoms with Crippen molar-refractivity contribution < 1.29 is 0 Å². The van der Waals surface area contributed by atoms with Crippen molar-refractivity contribution in [1.29, 1.82) is 0 Å². The van der Waals surface area contributed by atoms with Gasteiger partial charge in [0.15, 0.2) is 0 Å². The SMILES string of the molecule is [CH2]C=C(C)CC=C(C)C. The molecule has 0 aliphatic heterocycles. The zero-order valence-electron chi connectivity index (χ0n) is 6.57. The third kappa shape index (κ3) is 5.35. The summed E-state index contributed by atoms with van der Waals surface area (Å²) in [5.41, 5.74) is 2.70. The molecule has 0 amide bonds. The first kappa shape index (κ1) is 8.48. The van der Waals surface area contributed by atoms with E-state index in [1.807, 2.05) is 6.08 Å². The Morgan fingerprint density at radius 2 is 1.89 bits per heavy atom. The lowest BCUT2D eigenvalue weighted by molar-refractivity contribution is 1.17. The van der Waals surface area contributed by atoms with Gasteiger partial charge in [-0.2, -0.15) is 0 Å². The molecule has 0 N–H and O–H groups in total. The smallest absolute Gasteiger partial charge is 0.0139 e. The van der Waals surface area contributed by atoms with Gasteiger partial charge >= 0.3 is 0 Å². The van der Waals surface area contributed by atoms with Gasteiger partial charge in [0.1, 0.15) is 0 Å². The first-order valence-electron chi connectivity index (χ1n) is 3.25. The summed E-state index contributed by atoms with van der Waals surface area (Å²) >= 11 is 0. The van der Waals surface area contributed by atoms with Gasteiger partial charge in [-0.15, -0.1) is 0 Å². The van der Waals surface area contributed by atoms with E-state index in [0.717, 1.165) is 6.42 Å². The van der Waals surface area contributed by atoms with Crippen LogP contribution in [0.1, 0.15) is 27.2 Å². The van der Waals surface area contributed by atoms with Crippen LogP contribution in [0, 0.1) is 6.92 Å². The Balaban J connectivity index is 3.64. The fourth-order valence-electron chi connectivity index (χ4n) is 0.448. The molecule has 0 rings (SSSR count). The number of rotatable bonds is 2. The van der Waals surface area contributed by atoms with Crippen LogP contribution in [0.5, 0.6) is 0 Å². The minimum atomic E-state index is 1.05. The summed E-state index contributed by atoms with van der Waals surface area (Å²) in [4.78, 5) is 0. The maximum absolute atomic E-state index is 3.67. The van der Waals surface area contributed by atoms with Crippen molar-refractivity contribution in [2.45, 2.75) is 27.2 Å². The number of hydrogen-bond donors (Lipinski definition) is 0. The maximum atomic E-state index is 3.67. The lowest BCUT2D eigenvalue weighted by atomic mass is 10.1. The molecule has 51 valence electrons. The quantitative estimate of drug-likeness (QED) is 0.495. The molecule has 0 saturated carbocycles. The molecule has 0 aliphatic carbocycles. The van der Waals surface area contributed by atoms with E-state index in [2.05, 4.69) is 33.8 Å². The lowest BCUT2D eigenvalue weighted by Gasteiger charge is -1.92. The molecule has 0 heteroatoms. The molecule has 0 heterocycles. The third-order valence-corrected chi connectivity index (χ3v) is 1.18. The largest absolute Gasteiger partial charge is 0.0850 e. The van der Waals surface area contributed by atoms with Crippen molar-refractivity contribution >= 4 is 0 Å². The molecule has 0 aromatic heterocycles. The molecular weight excluding hydrogens is 108 g/mol. The Kier molecular flexibility index (Phi) is 4.12. The number of hydrogen-bond acceptors (Lipinski definition) is 0. The van der Waals surface area contributed by atoms with E-state index >= 15 is 0 Å². The van der Waals surface area contributed by atoms with Crippen LogP contribution in [0.25, 0.3) is 0 Å². The van der Waals surface area contributed by atoms with Gasteiger partial charge in [0.05, 0.1) is 0 Å². The molecule has 0 saturated heterocycles. The van der Waals surface area contributed by atoms with Crippen LogP contribution in [-0.2, 0) is 0 Å². The van der Waals surface area contributed by atoms with Gasteiger partial charge in [0.25, 0.3) is 0 Å². The summed E-state index contributed by atoms with van der Waals surface area (Å²) in [6.45, 7) is 9.98. The van der Waals surface area contributed by atoms with Crippen LogP contribution >= 0.6 is 0 Å². The van der Waals surface area contributed by atoms with E-state index in [-0.39, 0.29) is 0 Å². The second kappa shape index (κ2) is 4.37. The molecule has 1 radical (unpaired) electrons. The average molecular weight is 123 g/mol. The predicted octanol–water partition coefficient (Wildman–Crippen LogP) is 3.12. The summed E-state index contributed by atoms with van der Waals surface area (Å²) in [5.74, 6) is 0. The highest BCUT2D eigenvalue weighted by Gasteiger charge is 1.81. The summed E-state index contributed by atoms with van der Waals surface area (Å²) in [5, 5.41) is 0. The second-order valence-electron chi connectivity index (χ2n) is 2.54. The van der Waals surface area contributed by atoms with Gasteiger partial charge in [0.2, 0.25) is 0 Å². The fourth-order valence-corrected chi connectivity index (χ4v) is 0.448. The van der Waals surface area contributed by atoms with Crippen LogP contribution in [0.3, 0.4) is 0 Å². The average Bonchev–Trinajstić information content (AvgIpc) is 1.83. The first-order valence-corrected chi connectivity index (χ1v) is 3.25. The van der Waals surface area contributed by atoms with Crippen molar-refractivity contribution in [2.24, 2.45) is 0 Å². The molecule has 0 aromatic rings. The molecule has 0 aliphatic rings. The Morgan fingerprint density at radius 1 is 1.33 bits per heavy atom. The standard InChI is InChI=1S/C9H15/c1-5-9(4)7-6-8(2)3/h5-6H,1,7H2,2-4H3. The molecule has 9 heavy (non-hydrogen) atoms. The van der Waals surface area contributed by atoms with Gasteiger partial charge < -0.3 is 0 Å². The van der Waals surface area contributed by atoms with Crippen LogP contribution in [0.2, 0.25) is 0 Å². The zero-order valence-corrected chi connectivity index (χ0v) is 6.57. The monoisotopic (exact) mass is 123 g/mol. The molecule has 0 spiro atoms. The van der Waals surface area contributed by atoms with Gasteiger partial charge in [0, 0.05) is 0 Å². The summed E-state index contributed by atoms with van der Waals surface area (Å²) in [6, 6.07) is 0. The van der Waals surface area contributed by atoms with Gasteiger partial charge in [-0.25, -0.2) is 0 Å². The molecule has 0 aromatic carbocycles. The Bertz CT molecular complexity index is 123. The van der Waals surface area contributed by atoms with Crippen LogP contribution in [-0.4, -0.2) is 0 Å². The minimum absolute atomic E-state index is 1.05. The van der Waals surface area contributed by atoms with Crippen molar-refractivity contribution in [3.8, 4) is 0 Å². The fraction of sp³-hybridized carbons (Fsp3) is 0.444. The van der Waals surface area contributed by atoms with Crippen molar-refractivity contribution in [3.63, 3.8) is 0 Å². The summed E-state index contributed by atoms with van der Waals surface area (Å²) in [7, 11) is 0. The molecule has 0 bridgehead atoms. The highest BCUT2D eigenvalue weighted by Crippen LogP contribution is 2.02. The van der Waals surface area contributed by atoms with E-state index in [9.17, 15) is 0 Å². The van der Waals surface area contributed by atoms with Crippen LogP contribution in [0.4, 0.5) is 0 Å². The van der Waals surface area contributed by atoms with E-state index in [0.29, 0.717) is 0 Å². The maximum Gasteiger partial charge on any atom is -0.0139 e. The Morgan fingerprint density at radius 3 is 2.22 bits per heavy atom. The second-order valence-corrected chi connectivity index (χ2v) is 2.54. The van der Waals surface area contributed by atoms with Gasteiger partial charge in [-0.1, -0.05) is 23.3 Å². The summed E-state index contributed by atoms with van der Waals surface area (Å²) in [6.07, 6.45) is 5.16. The van der Waals surface area contributed by atoms with E-state index < -0.39 is 0 Å². The van der Waals surface area contributed by atoms with Crippen LogP contribution in [0.15, 0.2) is 23.3 Å². The van der Waals surface area contributed by atoms with Gasteiger partial charge in [-0.3, -0.25) is 0 Å². The molecule has 0 fully saturated rings. The lowest BCUT2D eigenvalue weighted by Crippen LogP contribution is -1.71. The highest BCUT2D eigenvalue weighted by atomic mass is 13.9. The van der Waals surface area contributed by atoms with Crippen molar-refractivity contribution in [2.75, 3.05) is 0 Å². The van der Waals surface area contributed by atoms with Crippen molar-refractivity contribution in [1.82, 2.24) is 0 Å². The third-order valence-electron chi connectivity index (χ3n) is 1.18. The Labute approximate surface area is 58.3 Å². The topological polar surface area (TPSA) is 0 Å². The zero-order chi connectivity index (χ0) is 7.28. The number of allylic oxidation sites excluding steroid dienone is 4. The predicted molar refractivity (Wildman–Crippen MR) is 43.2 cm³/mol. The van der Waals surface area contributed by atoms with E-state index in [1.54, 1.807) is 0 Å². The summed E-state index contributed by atoms with van der Waals surface area (Å²) < 4.78 is 0.